The van der Waals surface area contributed by atoms with Crippen LogP contribution in [-0.4, -0.2) is 15.6 Å². The lowest BCUT2D eigenvalue weighted by atomic mass is 10.1. The molecule has 4 rings (SSSR count). The number of aryl methyl sites for hydroxylation is 1. The van der Waals surface area contributed by atoms with Crippen molar-refractivity contribution in [1.29, 1.82) is 0 Å². The van der Waals surface area contributed by atoms with Crippen LogP contribution in [0.3, 0.4) is 0 Å². The van der Waals surface area contributed by atoms with E-state index in [-0.39, 0.29) is 17.3 Å². The van der Waals surface area contributed by atoms with E-state index in [0.717, 1.165) is 29.3 Å². The molecule has 1 atom stereocenters. The summed E-state index contributed by atoms with van der Waals surface area (Å²) in [5, 5.41) is 2.92. The number of nitrogens with one attached hydrogen (secondary N) is 1. The summed E-state index contributed by atoms with van der Waals surface area (Å²) < 4.78 is 95.9. The third-order valence-corrected chi connectivity index (χ3v) is 6.63. The van der Waals surface area contributed by atoms with Gasteiger partial charge in [-0.3, -0.25) is 4.31 Å². The lowest BCUT2D eigenvalue weighted by Gasteiger charge is -2.26. The first-order chi connectivity index (χ1) is 15.8. The van der Waals surface area contributed by atoms with Crippen molar-refractivity contribution in [1.82, 2.24) is 4.98 Å². The Bertz CT molecular complexity index is 1260. The quantitative estimate of drug-likeness (QED) is 0.422. The Balaban J connectivity index is 1.77. The second-order valence-electron chi connectivity index (χ2n) is 7.54. The Labute approximate surface area is 193 Å². The van der Waals surface area contributed by atoms with Crippen LogP contribution in [-0.2, 0) is 23.7 Å². The minimum absolute atomic E-state index is 0.0206. The molecule has 0 saturated heterocycles. The van der Waals surface area contributed by atoms with E-state index in [9.17, 15) is 30.6 Å². The van der Waals surface area contributed by atoms with E-state index in [1.807, 2.05) is 6.92 Å². The normalized spacial score (nSPS) is 14.5. The zero-order chi connectivity index (χ0) is 24.8. The molecule has 34 heavy (non-hydrogen) atoms. The monoisotopic (exact) mass is 501 g/mol. The average molecular weight is 501 g/mol. The van der Waals surface area contributed by atoms with Crippen LogP contribution in [0.1, 0.15) is 22.4 Å². The Morgan fingerprint density at radius 3 is 2.26 bits per heavy atom. The van der Waals surface area contributed by atoms with E-state index in [0.29, 0.717) is 16.9 Å². The summed E-state index contributed by atoms with van der Waals surface area (Å²) in [5.74, 6) is -0.486. The van der Waals surface area contributed by atoms with E-state index in [1.165, 1.54) is 22.5 Å². The number of rotatable bonds is 3. The third-order valence-electron chi connectivity index (χ3n) is 5.25. The molecule has 1 unspecified atom stereocenters. The first kappa shape index (κ1) is 23.9. The smallest absolute Gasteiger partial charge is 0.406 e. The Hall–Kier alpha value is -3.28. The largest absolute Gasteiger partial charge is 0.573 e. The molecule has 0 saturated carbocycles. The molecule has 2 heterocycles. The summed E-state index contributed by atoms with van der Waals surface area (Å²) in [4.78, 5) is 3.91. The summed E-state index contributed by atoms with van der Waals surface area (Å²) in [5.41, 5.74) is 1.77. The molecular formula is C22H17F6N3O2S. The summed E-state index contributed by atoms with van der Waals surface area (Å²) in [6.45, 7) is 3.56. The molecule has 1 aliphatic heterocycles. The molecule has 180 valence electrons. The fraction of sp³-hybridized carbons (Fsp3) is 0.227. The lowest BCUT2D eigenvalue weighted by molar-refractivity contribution is -0.274. The standard InChI is InChI=1S/C22H17F6N3O2S/c1-12-3-9-17-19(13(12)2)31(11-14-4-10-18(21(23,24)25)30-20(14)29-17)34(32)16-7-5-15(6-8-16)33-22(26,27)28/h3-10H,11H2,1-2H3,(H,29,30). The van der Waals surface area contributed by atoms with Crippen LogP contribution in [0.15, 0.2) is 53.4 Å². The SMILES string of the molecule is Cc1ccc2c(c1C)N(S(=O)c1ccc(OC(F)(F)F)cc1)Cc1ccc(C(F)(F)F)nc1N2. The fourth-order valence-corrected chi connectivity index (χ4v) is 4.77. The van der Waals surface area contributed by atoms with Crippen LogP contribution in [0.5, 0.6) is 5.75 Å². The molecule has 0 spiro atoms. The molecule has 0 radical (unpaired) electrons. The second-order valence-corrected chi connectivity index (χ2v) is 8.95. The Kier molecular flexibility index (Phi) is 5.96. The van der Waals surface area contributed by atoms with Gasteiger partial charge in [0.05, 0.1) is 22.8 Å². The number of ether oxygens (including phenoxy) is 1. The van der Waals surface area contributed by atoms with E-state index in [4.69, 9.17) is 0 Å². The van der Waals surface area contributed by atoms with Gasteiger partial charge in [-0.05, 0) is 61.4 Å². The average Bonchev–Trinajstić information content (AvgIpc) is 2.91. The zero-order valence-corrected chi connectivity index (χ0v) is 18.5. The number of anilines is 3. The summed E-state index contributed by atoms with van der Waals surface area (Å²) in [6.07, 6.45) is -9.51. The number of fused-ring (bicyclic) bond motifs is 2. The number of aromatic nitrogens is 1. The third kappa shape index (κ3) is 4.81. The van der Waals surface area contributed by atoms with Crippen molar-refractivity contribution in [2.75, 3.05) is 9.62 Å². The first-order valence-corrected chi connectivity index (χ1v) is 10.9. The van der Waals surface area contributed by atoms with Gasteiger partial charge in [0.2, 0.25) is 0 Å². The summed E-state index contributed by atoms with van der Waals surface area (Å²) in [6, 6.07) is 10.1. The maximum Gasteiger partial charge on any atom is 0.573 e. The van der Waals surface area contributed by atoms with E-state index in [2.05, 4.69) is 15.0 Å². The van der Waals surface area contributed by atoms with Gasteiger partial charge >= 0.3 is 12.5 Å². The molecule has 0 aliphatic carbocycles. The van der Waals surface area contributed by atoms with Crippen LogP contribution in [0.25, 0.3) is 0 Å². The molecule has 1 aromatic heterocycles. The molecule has 1 N–H and O–H groups in total. The Morgan fingerprint density at radius 2 is 1.65 bits per heavy atom. The highest BCUT2D eigenvalue weighted by molar-refractivity contribution is 7.86. The highest BCUT2D eigenvalue weighted by atomic mass is 32.2. The highest BCUT2D eigenvalue weighted by Crippen LogP contribution is 2.41. The van der Waals surface area contributed by atoms with E-state index < -0.39 is 35.0 Å². The number of benzene rings is 2. The van der Waals surface area contributed by atoms with Crippen LogP contribution < -0.4 is 14.4 Å². The molecule has 0 bridgehead atoms. The van der Waals surface area contributed by atoms with Gasteiger partial charge in [-0.25, -0.2) is 9.19 Å². The first-order valence-electron chi connectivity index (χ1n) is 9.83. The number of hydrogen-bond donors (Lipinski definition) is 1. The van der Waals surface area contributed by atoms with Gasteiger partial charge in [0, 0.05) is 5.56 Å². The van der Waals surface area contributed by atoms with E-state index >= 15 is 0 Å². The van der Waals surface area contributed by atoms with Crippen LogP contribution in [0.4, 0.5) is 43.5 Å². The van der Waals surface area contributed by atoms with Crippen LogP contribution in [0, 0.1) is 13.8 Å². The maximum absolute atomic E-state index is 13.6. The molecule has 0 amide bonds. The van der Waals surface area contributed by atoms with Crippen molar-refractivity contribution in [2.24, 2.45) is 0 Å². The van der Waals surface area contributed by atoms with Crippen molar-refractivity contribution >= 4 is 28.2 Å². The predicted molar refractivity (Wildman–Crippen MR) is 114 cm³/mol. The van der Waals surface area contributed by atoms with Gasteiger partial charge < -0.3 is 10.1 Å². The topological polar surface area (TPSA) is 54.5 Å². The number of halogens is 6. The molecular weight excluding hydrogens is 484 g/mol. The molecule has 5 nitrogen and oxygen atoms in total. The van der Waals surface area contributed by atoms with Crippen molar-refractivity contribution in [2.45, 2.75) is 37.8 Å². The van der Waals surface area contributed by atoms with Crippen molar-refractivity contribution < 1.29 is 35.3 Å². The van der Waals surface area contributed by atoms with Gasteiger partial charge in [-0.2, -0.15) is 13.2 Å². The minimum atomic E-state index is -4.86. The van der Waals surface area contributed by atoms with E-state index in [1.54, 1.807) is 19.1 Å². The van der Waals surface area contributed by atoms with Gasteiger partial charge in [0.1, 0.15) is 17.3 Å². The number of nitrogens with zero attached hydrogens (tertiary/aromatic N) is 2. The molecule has 2 aromatic carbocycles. The van der Waals surface area contributed by atoms with Crippen molar-refractivity contribution in [3.8, 4) is 5.75 Å². The minimum Gasteiger partial charge on any atom is -0.406 e. The summed E-state index contributed by atoms with van der Waals surface area (Å²) >= 11 is 0. The lowest BCUT2D eigenvalue weighted by Crippen LogP contribution is -2.26. The van der Waals surface area contributed by atoms with Gasteiger partial charge in [0.25, 0.3) is 0 Å². The van der Waals surface area contributed by atoms with Crippen LogP contribution in [0.2, 0.25) is 0 Å². The maximum atomic E-state index is 13.6. The fourth-order valence-electron chi connectivity index (χ4n) is 3.49. The molecule has 12 heteroatoms. The number of hydrogen-bond acceptors (Lipinski definition) is 4. The Morgan fingerprint density at radius 1 is 0.971 bits per heavy atom. The predicted octanol–water partition coefficient (Wildman–Crippen LogP) is 6.40. The molecule has 1 aliphatic rings. The zero-order valence-electron chi connectivity index (χ0n) is 17.7. The molecule has 0 fully saturated rings. The molecule has 3 aromatic rings. The highest BCUT2D eigenvalue weighted by Gasteiger charge is 2.35. The van der Waals surface area contributed by atoms with Gasteiger partial charge in [0.15, 0.2) is 11.0 Å². The van der Waals surface area contributed by atoms with Crippen molar-refractivity contribution in [3.05, 3.63) is 70.9 Å². The summed E-state index contributed by atoms with van der Waals surface area (Å²) in [7, 11) is -1.92. The number of alkyl halides is 6. The van der Waals surface area contributed by atoms with Gasteiger partial charge in [-0.1, -0.05) is 12.1 Å². The van der Waals surface area contributed by atoms with Crippen molar-refractivity contribution in [3.63, 3.8) is 0 Å². The van der Waals surface area contributed by atoms with Crippen LogP contribution >= 0.6 is 0 Å². The number of pyridine rings is 1. The van der Waals surface area contributed by atoms with Gasteiger partial charge in [-0.15, -0.1) is 13.2 Å². The second kappa shape index (κ2) is 8.49.